The van der Waals surface area contributed by atoms with Crippen molar-refractivity contribution < 1.29 is 22.4 Å². The molecule has 5 rings (SSSR count). The largest absolute Gasteiger partial charge is 0.416 e. The van der Waals surface area contributed by atoms with Crippen molar-refractivity contribution in [2.45, 2.75) is 58.0 Å². The molecular weight excluding hydrogens is 498 g/mol. The Bertz CT molecular complexity index is 1370. The van der Waals surface area contributed by atoms with Gasteiger partial charge in [0.05, 0.1) is 11.0 Å². The first-order valence-corrected chi connectivity index (χ1v) is 13.0. The normalized spacial score (nSPS) is 18.0. The number of fused-ring (bicyclic) bond motifs is 1. The molecule has 2 N–H and O–H groups in total. The number of H-pyrrole nitrogens is 1. The van der Waals surface area contributed by atoms with Gasteiger partial charge in [0.1, 0.15) is 6.67 Å². The number of carbonyl (C=O) groups excluding carboxylic acids is 1. The number of aromatic nitrogens is 1. The summed E-state index contributed by atoms with van der Waals surface area (Å²) in [7, 11) is 0. The number of alkyl halides is 4. The molecule has 5 nitrogen and oxygen atoms in total. The van der Waals surface area contributed by atoms with Gasteiger partial charge in [0.15, 0.2) is 0 Å². The summed E-state index contributed by atoms with van der Waals surface area (Å²) in [5, 5.41) is 4.41. The number of likely N-dealkylation sites (tertiary alicyclic amines) is 1. The van der Waals surface area contributed by atoms with Crippen LogP contribution in [0, 0.1) is 11.3 Å². The summed E-state index contributed by atoms with van der Waals surface area (Å²) in [6, 6.07) is 10.9. The lowest BCUT2D eigenvalue weighted by Gasteiger charge is -2.41. The predicted octanol–water partition coefficient (Wildman–Crippen LogP) is 5.72. The summed E-state index contributed by atoms with van der Waals surface area (Å²) in [6.45, 7) is 1.01. The van der Waals surface area contributed by atoms with Crippen LogP contribution in [-0.4, -0.2) is 28.9 Å². The summed E-state index contributed by atoms with van der Waals surface area (Å²) in [6.07, 6.45) is 1.32. The lowest BCUT2D eigenvalue weighted by atomic mass is 9.73. The van der Waals surface area contributed by atoms with E-state index in [2.05, 4.69) is 15.2 Å². The standard InChI is InChI=1S/C29H31F4N3O2/c30-16-21-11-22(13-24(12-21)29(31,32)33)17-35-27(38)28(15-19-1-2-19)6-9-36(10-7-28)18-20-3-4-23-5-8-34-26(37)25(23)14-20/h3-5,8,11-14,19H,1-2,6-7,9-10,15-18H2,(H,34,37)(H,35,38). The van der Waals surface area contributed by atoms with Crippen LogP contribution in [0.3, 0.4) is 0 Å². The first-order valence-electron chi connectivity index (χ1n) is 13.0. The molecule has 0 atom stereocenters. The van der Waals surface area contributed by atoms with Crippen molar-refractivity contribution in [1.82, 2.24) is 15.2 Å². The molecule has 202 valence electrons. The molecule has 0 radical (unpaired) electrons. The van der Waals surface area contributed by atoms with E-state index in [0.717, 1.165) is 42.3 Å². The van der Waals surface area contributed by atoms with Crippen LogP contribution in [0.2, 0.25) is 0 Å². The minimum Gasteiger partial charge on any atom is -0.352 e. The van der Waals surface area contributed by atoms with Gasteiger partial charge in [-0.3, -0.25) is 14.5 Å². The average Bonchev–Trinajstić information content (AvgIpc) is 3.72. The van der Waals surface area contributed by atoms with Crippen LogP contribution >= 0.6 is 0 Å². The fourth-order valence-electron chi connectivity index (χ4n) is 5.60. The average molecular weight is 530 g/mol. The SMILES string of the molecule is O=C(NCc1cc(CF)cc(C(F)(F)F)c1)C1(CC2CC2)CCN(Cc2ccc3cc[nH]c(=O)c3c2)CC1. The number of pyridine rings is 1. The van der Waals surface area contributed by atoms with Gasteiger partial charge in [-0.15, -0.1) is 0 Å². The molecule has 0 bridgehead atoms. The maximum atomic E-state index is 13.5. The summed E-state index contributed by atoms with van der Waals surface area (Å²) >= 11 is 0. The van der Waals surface area contributed by atoms with E-state index in [4.69, 9.17) is 0 Å². The predicted molar refractivity (Wildman–Crippen MR) is 137 cm³/mol. The van der Waals surface area contributed by atoms with Gasteiger partial charge in [-0.1, -0.05) is 31.0 Å². The van der Waals surface area contributed by atoms with Crippen molar-refractivity contribution in [3.05, 3.63) is 81.3 Å². The molecule has 2 aromatic carbocycles. The highest BCUT2D eigenvalue weighted by Gasteiger charge is 2.44. The second-order valence-electron chi connectivity index (χ2n) is 10.8. The highest BCUT2D eigenvalue weighted by molar-refractivity contribution is 5.83. The highest BCUT2D eigenvalue weighted by Crippen LogP contribution is 2.46. The molecule has 1 aliphatic heterocycles. The van der Waals surface area contributed by atoms with E-state index in [0.29, 0.717) is 43.8 Å². The topological polar surface area (TPSA) is 65.2 Å². The third-order valence-corrected chi connectivity index (χ3v) is 7.90. The number of aromatic amines is 1. The van der Waals surface area contributed by atoms with Crippen molar-refractivity contribution >= 4 is 16.7 Å². The zero-order chi connectivity index (χ0) is 26.9. The second kappa shape index (κ2) is 10.5. The summed E-state index contributed by atoms with van der Waals surface area (Å²) in [4.78, 5) is 30.6. The fourth-order valence-corrected chi connectivity index (χ4v) is 5.60. The number of benzene rings is 2. The maximum Gasteiger partial charge on any atom is 0.416 e. The van der Waals surface area contributed by atoms with Gasteiger partial charge < -0.3 is 10.3 Å². The van der Waals surface area contributed by atoms with Crippen molar-refractivity contribution in [2.75, 3.05) is 13.1 Å². The van der Waals surface area contributed by atoms with Crippen LogP contribution in [0.4, 0.5) is 17.6 Å². The Kier molecular flexibility index (Phi) is 7.31. The van der Waals surface area contributed by atoms with Crippen molar-refractivity contribution in [3.63, 3.8) is 0 Å². The molecule has 2 heterocycles. The van der Waals surface area contributed by atoms with Crippen LogP contribution in [0.15, 0.2) is 53.5 Å². The summed E-state index contributed by atoms with van der Waals surface area (Å²) in [5.74, 6) is 0.367. The van der Waals surface area contributed by atoms with E-state index in [-0.39, 0.29) is 29.1 Å². The number of hydrogen-bond acceptors (Lipinski definition) is 3. The number of hydrogen-bond donors (Lipinski definition) is 2. The van der Waals surface area contributed by atoms with E-state index in [1.807, 2.05) is 24.3 Å². The number of rotatable bonds is 8. The minimum absolute atomic E-state index is 0.0549. The first-order chi connectivity index (χ1) is 18.1. The number of halogens is 4. The van der Waals surface area contributed by atoms with Crippen molar-refractivity contribution in [2.24, 2.45) is 11.3 Å². The number of nitrogens with one attached hydrogen (secondary N) is 2. The Morgan fingerprint density at radius 3 is 2.45 bits per heavy atom. The zero-order valence-electron chi connectivity index (χ0n) is 21.0. The fraction of sp³-hybridized carbons (Fsp3) is 0.448. The Labute approximate surface area is 218 Å². The Balaban J connectivity index is 1.25. The quantitative estimate of drug-likeness (QED) is 0.367. The van der Waals surface area contributed by atoms with E-state index in [9.17, 15) is 27.2 Å². The van der Waals surface area contributed by atoms with Gasteiger partial charge in [0.2, 0.25) is 5.91 Å². The van der Waals surface area contributed by atoms with Gasteiger partial charge in [0, 0.05) is 24.7 Å². The van der Waals surface area contributed by atoms with Crippen LogP contribution in [-0.2, 0) is 30.7 Å². The molecule has 1 saturated heterocycles. The third-order valence-electron chi connectivity index (χ3n) is 7.90. The van der Waals surface area contributed by atoms with Crippen LogP contribution in [0.5, 0.6) is 0 Å². The molecule has 1 amide bonds. The third kappa shape index (κ3) is 5.93. The van der Waals surface area contributed by atoms with Gasteiger partial charge in [-0.05, 0) is 84.6 Å². The van der Waals surface area contributed by atoms with E-state index in [1.54, 1.807) is 6.20 Å². The van der Waals surface area contributed by atoms with Gasteiger partial charge >= 0.3 is 6.18 Å². The maximum absolute atomic E-state index is 13.5. The van der Waals surface area contributed by atoms with Crippen molar-refractivity contribution in [1.29, 1.82) is 0 Å². The van der Waals surface area contributed by atoms with Crippen LogP contribution in [0.1, 0.15) is 54.4 Å². The lowest BCUT2D eigenvalue weighted by molar-refractivity contribution is -0.137. The molecular formula is C29H31F4N3O2. The molecule has 2 fully saturated rings. The Morgan fingerprint density at radius 1 is 1.03 bits per heavy atom. The number of amides is 1. The van der Waals surface area contributed by atoms with Crippen LogP contribution in [0.25, 0.3) is 10.8 Å². The minimum atomic E-state index is -4.58. The van der Waals surface area contributed by atoms with Gasteiger partial charge in [0.25, 0.3) is 5.56 Å². The molecule has 9 heteroatoms. The monoisotopic (exact) mass is 529 g/mol. The molecule has 38 heavy (non-hydrogen) atoms. The molecule has 0 unspecified atom stereocenters. The van der Waals surface area contributed by atoms with Gasteiger partial charge in [-0.2, -0.15) is 13.2 Å². The second-order valence-corrected chi connectivity index (χ2v) is 10.8. The van der Waals surface area contributed by atoms with Crippen molar-refractivity contribution in [3.8, 4) is 0 Å². The molecule has 1 aromatic heterocycles. The van der Waals surface area contributed by atoms with Crippen LogP contribution < -0.4 is 10.9 Å². The highest BCUT2D eigenvalue weighted by atomic mass is 19.4. The Morgan fingerprint density at radius 2 is 1.76 bits per heavy atom. The summed E-state index contributed by atoms with van der Waals surface area (Å²) < 4.78 is 52.9. The van der Waals surface area contributed by atoms with E-state index >= 15 is 0 Å². The molecule has 0 spiro atoms. The molecule has 1 aliphatic carbocycles. The van der Waals surface area contributed by atoms with Gasteiger partial charge in [-0.25, -0.2) is 4.39 Å². The molecule has 3 aromatic rings. The number of nitrogens with zero attached hydrogens (tertiary/aromatic N) is 1. The Hall–Kier alpha value is -3.20. The van der Waals surface area contributed by atoms with E-state index in [1.165, 1.54) is 6.07 Å². The number of piperidine rings is 1. The lowest BCUT2D eigenvalue weighted by Crippen LogP contribution is -2.48. The van der Waals surface area contributed by atoms with E-state index < -0.39 is 23.8 Å². The smallest absolute Gasteiger partial charge is 0.352 e. The number of carbonyl (C=O) groups is 1. The summed E-state index contributed by atoms with van der Waals surface area (Å²) in [5.41, 5.74) is -0.382. The molecule has 1 saturated carbocycles. The zero-order valence-corrected chi connectivity index (χ0v) is 21.0. The molecule has 2 aliphatic rings. The first kappa shape index (κ1) is 26.4.